The van der Waals surface area contributed by atoms with E-state index in [4.69, 9.17) is 0 Å². The molecule has 4 aromatic rings. The van der Waals surface area contributed by atoms with Crippen LogP contribution in [0.1, 0.15) is 43.9 Å². The van der Waals surface area contributed by atoms with Gasteiger partial charge in [0.15, 0.2) is 0 Å². The third-order valence-electron chi connectivity index (χ3n) is 6.28. The fraction of sp³-hybridized carbons (Fsp3) is 0.259. The number of benzene rings is 2. The summed E-state index contributed by atoms with van der Waals surface area (Å²) in [5.41, 5.74) is 6.26. The molecule has 35 heavy (non-hydrogen) atoms. The lowest BCUT2D eigenvalue weighted by molar-refractivity contribution is -0.117. The van der Waals surface area contributed by atoms with Crippen molar-refractivity contribution in [3.63, 3.8) is 0 Å². The van der Waals surface area contributed by atoms with E-state index in [-0.39, 0.29) is 18.4 Å². The van der Waals surface area contributed by atoms with Crippen molar-refractivity contribution in [3.05, 3.63) is 98.2 Å². The quantitative estimate of drug-likeness (QED) is 0.449. The standard InChI is InChI=1S/C27H29N5O3/c1-16-9-11-21(12-10-16)13-28-26(34)23-19(4)25-27(35)32(29-15-31(25)20(23)5)14-22(33)30-24-17(2)7-6-8-18(24)3/h6-12,15H,13-14H2,1-5H3,(H,28,34)(H,30,33). The Morgan fingerprint density at radius 3 is 2.26 bits per heavy atom. The predicted octanol–water partition coefficient (Wildman–Crippen LogP) is 3.61. The third-order valence-corrected chi connectivity index (χ3v) is 6.28. The Balaban J connectivity index is 1.58. The molecular formula is C27H29N5O3. The van der Waals surface area contributed by atoms with Gasteiger partial charge in [-0.05, 0) is 56.9 Å². The second kappa shape index (κ2) is 9.58. The molecule has 180 valence electrons. The van der Waals surface area contributed by atoms with E-state index < -0.39 is 5.56 Å². The van der Waals surface area contributed by atoms with Crippen molar-refractivity contribution in [1.82, 2.24) is 19.5 Å². The van der Waals surface area contributed by atoms with Gasteiger partial charge >= 0.3 is 0 Å². The number of para-hydroxylation sites is 1. The summed E-state index contributed by atoms with van der Waals surface area (Å²) < 4.78 is 2.73. The molecule has 0 bridgehead atoms. The first-order valence-electron chi connectivity index (χ1n) is 11.4. The molecule has 0 saturated heterocycles. The van der Waals surface area contributed by atoms with Gasteiger partial charge in [-0.1, -0.05) is 48.0 Å². The van der Waals surface area contributed by atoms with Crippen LogP contribution in [-0.4, -0.2) is 26.0 Å². The summed E-state index contributed by atoms with van der Waals surface area (Å²) in [6, 6.07) is 13.7. The molecule has 2 heterocycles. The van der Waals surface area contributed by atoms with E-state index >= 15 is 0 Å². The summed E-state index contributed by atoms with van der Waals surface area (Å²) in [6.45, 7) is 9.50. The lowest BCUT2D eigenvalue weighted by Gasteiger charge is -2.12. The average molecular weight is 472 g/mol. The Morgan fingerprint density at radius 1 is 0.943 bits per heavy atom. The van der Waals surface area contributed by atoms with Crippen molar-refractivity contribution < 1.29 is 9.59 Å². The van der Waals surface area contributed by atoms with Crippen LogP contribution in [0.15, 0.2) is 53.6 Å². The number of aromatic nitrogens is 3. The normalized spacial score (nSPS) is 11.0. The number of aryl methyl sites for hydroxylation is 5. The molecule has 2 N–H and O–H groups in total. The number of fused-ring (bicyclic) bond motifs is 1. The molecule has 2 aromatic heterocycles. The molecule has 0 aliphatic rings. The molecule has 0 atom stereocenters. The highest BCUT2D eigenvalue weighted by molar-refractivity contribution is 5.99. The number of hydrogen-bond acceptors (Lipinski definition) is 4. The van der Waals surface area contributed by atoms with Crippen molar-refractivity contribution in [3.8, 4) is 0 Å². The van der Waals surface area contributed by atoms with Crippen LogP contribution in [0.2, 0.25) is 0 Å². The zero-order valence-electron chi connectivity index (χ0n) is 20.6. The van der Waals surface area contributed by atoms with Gasteiger partial charge in [0.25, 0.3) is 11.5 Å². The first kappa shape index (κ1) is 23.9. The fourth-order valence-electron chi connectivity index (χ4n) is 4.31. The van der Waals surface area contributed by atoms with Gasteiger partial charge in [-0.15, -0.1) is 0 Å². The van der Waals surface area contributed by atoms with Crippen LogP contribution in [0.5, 0.6) is 0 Å². The number of carbonyl (C=O) groups excluding carboxylic acids is 2. The molecule has 2 aromatic carbocycles. The van der Waals surface area contributed by atoms with E-state index in [1.165, 1.54) is 6.33 Å². The predicted molar refractivity (Wildman–Crippen MR) is 136 cm³/mol. The maximum absolute atomic E-state index is 13.2. The number of rotatable bonds is 6. The Bertz CT molecular complexity index is 1480. The zero-order valence-corrected chi connectivity index (χ0v) is 20.6. The van der Waals surface area contributed by atoms with Crippen LogP contribution < -0.4 is 16.2 Å². The molecule has 2 amide bonds. The third kappa shape index (κ3) is 4.73. The molecule has 0 aliphatic heterocycles. The largest absolute Gasteiger partial charge is 0.348 e. The molecule has 0 unspecified atom stereocenters. The summed E-state index contributed by atoms with van der Waals surface area (Å²) in [5, 5.41) is 10.00. The number of nitrogens with zero attached hydrogens (tertiary/aromatic N) is 3. The van der Waals surface area contributed by atoms with Gasteiger partial charge in [0.2, 0.25) is 5.91 Å². The molecule has 0 spiro atoms. The van der Waals surface area contributed by atoms with Crippen LogP contribution in [0, 0.1) is 34.6 Å². The summed E-state index contributed by atoms with van der Waals surface area (Å²) in [5.74, 6) is -0.610. The minimum atomic E-state index is -0.428. The van der Waals surface area contributed by atoms with Gasteiger partial charge in [0, 0.05) is 17.9 Å². The first-order chi connectivity index (χ1) is 16.7. The van der Waals surface area contributed by atoms with Crippen molar-refractivity contribution >= 4 is 23.0 Å². The van der Waals surface area contributed by atoms with Gasteiger partial charge in [0.1, 0.15) is 18.4 Å². The molecule has 0 fully saturated rings. The Hall–Kier alpha value is -4.20. The van der Waals surface area contributed by atoms with Crippen molar-refractivity contribution in [2.24, 2.45) is 0 Å². The molecule has 0 radical (unpaired) electrons. The van der Waals surface area contributed by atoms with Gasteiger partial charge in [-0.25, -0.2) is 4.68 Å². The van der Waals surface area contributed by atoms with E-state index in [0.717, 1.165) is 32.6 Å². The van der Waals surface area contributed by atoms with Gasteiger partial charge in [-0.2, -0.15) is 5.10 Å². The van der Waals surface area contributed by atoms with Crippen molar-refractivity contribution in [1.29, 1.82) is 0 Å². The molecule has 8 heteroatoms. The lowest BCUT2D eigenvalue weighted by Crippen LogP contribution is -2.31. The number of carbonyl (C=O) groups is 2. The molecule has 4 rings (SSSR count). The van der Waals surface area contributed by atoms with E-state index in [9.17, 15) is 14.4 Å². The molecule has 8 nitrogen and oxygen atoms in total. The van der Waals surface area contributed by atoms with E-state index in [1.807, 2.05) is 63.2 Å². The maximum Gasteiger partial charge on any atom is 0.291 e. The van der Waals surface area contributed by atoms with E-state index in [2.05, 4.69) is 15.7 Å². The smallest absolute Gasteiger partial charge is 0.291 e. The summed E-state index contributed by atoms with van der Waals surface area (Å²) in [7, 11) is 0. The minimum absolute atomic E-state index is 0.234. The topological polar surface area (TPSA) is 97.5 Å². The van der Waals surface area contributed by atoms with Crippen molar-refractivity contribution in [2.45, 2.75) is 47.7 Å². The fourth-order valence-corrected chi connectivity index (χ4v) is 4.31. The van der Waals surface area contributed by atoms with Gasteiger partial charge in [-0.3, -0.25) is 18.8 Å². The molecule has 0 saturated carbocycles. The Labute approximate surface area is 203 Å². The van der Waals surface area contributed by atoms with Crippen LogP contribution in [0.3, 0.4) is 0 Å². The Morgan fingerprint density at radius 2 is 1.60 bits per heavy atom. The Kier molecular flexibility index (Phi) is 6.55. The van der Waals surface area contributed by atoms with Crippen LogP contribution in [0.25, 0.3) is 5.52 Å². The van der Waals surface area contributed by atoms with Crippen LogP contribution in [-0.2, 0) is 17.9 Å². The van der Waals surface area contributed by atoms with E-state index in [1.54, 1.807) is 18.2 Å². The minimum Gasteiger partial charge on any atom is -0.348 e. The maximum atomic E-state index is 13.2. The van der Waals surface area contributed by atoms with Gasteiger partial charge in [0.05, 0.1) is 5.56 Å². The number of anilines is 1. The number of hydrogen-bond donors (Lipinski definition) is 2. The van der Waals surface area contributed by atoms with Crippen molar-refractivity contribution in [2.75, 3.05) is 5.32 Å². The highest BCUT2D eigenvalue weighted by Crippen LogP contribution is 2.21. The molecular weight excluding hydrogens is 442 g/mol. The zero-order chi connectivity index (χ0) is 25.3. The highest BCUT2D eigenvalue weighted by Gasteiger charge is 2.22. The second-order valence-electron chi connectivity index (χ2n) is 8.88. The summed E-state index contributed by atoms with van der Waals surface area (Å²) >= 11 is 0. The van der Waals surface area contributed by atoms with Crippen LogP contribution >= 0.6 is 0 Å². The summed E-state index contributed by atoms with van der Waals surface area (Å²) in [4.78, 5) is 39.0. The van der Waals surface area contributed by atoms with E-state index in [0.29, 0.717) is 28.9 Å². The molecule has 0 aliphatic carbocycles. The highest BCUT2D eigenvalue weighted by atomic mass is 16.2. The monoisotopic (exact) mass is 471 g/mol. The number of amides is 2. The van der Waals surface area contributed by atoms with Gasteiger partial charge < -0.3 is 10.6 Å². The summed E-state index contributed by atoms with van der Waals surface area (Å²) in [6.07, 6.45) is 1.47. The first-order valence-corrected chi connectivity index (χ1v) is 11.4. The average Bonchev–Trinajstić information content (AvgIpc) is 3.08. The number of nitrogens with one attached hydrogen (secondary N) is 2. The SMILES string of the molecule is Cc1ccc(CNC(=O)c2c(C)c3c(=O)n(CC(=O)Nc4c(C)cccc4C)ncn3c2C)cc1. The second-order valence-corrected chi connectivity index (χ2v) is 8.88. The van der Waals surface area contributed by atoms with Crippen LogP contribution in [0.4, 0.5) is 5.69 Å². The lowest BCUT2D eigenvalue weighted by atomic mass is 10.1.